The Hall–Kier alpha value is -4.85. The number of benzene rings is 3. The summed E-state index contributed by atoms with van der Waals surface area (Å²) in [6.45, 7) is -0.507. The molecule has 208 valence electrons. The summed E-state index contributed by atoms with van der Waals surface area (Å²) < 4.78 is 18.5. The molecule has 0 bridgehead atoms. The first-order chi connectivity index (χ1) is 20.2. The fourth-order valence-corrected chi connectivity index (χ4v) is 5.56. The van der Waals surface area contributed by atoms with Gasteiger partial charge in [0, 0.05) is 17.5 Å². The zero-order chi connectivity index (χ0) is 29.8. The first kappa shape index (κ1) is 28.7. The van der Waals surface area contributed by atoms with Crippen LogP contribution in [0.4, 0.5) is 10.1 Å². The molecule has 4 aromatic rings. The average molecular weight is 600 g/mol. The molecule has 0 N–H and O–H groups in total. The number of hydrogen-bond donors (Lipinski definition) is 0. The number of hydrogen-bond acceptors (Lipinski definition) is 8. The lowest BCUT2D eigenvalue weighted by atomic mass is 10.1. The van der Waals surface area contributed by atoms with Gasteiger partial charge in [0.25, 0.3) is 0 Å². The molecule has 5 rings (SSSR count). The van der Waals surface area contributed by atoms with E-state index in [-0.39, 0.29) is 38.8 Å². The summed E-state index contributed by atoms with van der Waals surface area (Å²) in [5, 5.41) is 9.26. The number of Topliss-reactive ketones (excluding diaryl/α,β-unsaturated/α-hetero) is 1. The predicted octanol–water partition coefficient (Wildman–Crippen LogP) is 5.88. The van der Waals surface area contributed by atoms with Crippen molar-refractivity contribution in [1.82, 2.24) is 4.98 Å². The fraction of sp³-hybridized carbons (Fsp3) is 0.0968. The van der Waals surface area contributed by atoms with Gasteiger partial charge in [-0.25, -0.2) is 19.1 Å². The first-order valence-corrected chi connectivity index (χ1v) is 13.8. The van der Waals surface area contributed by atoms with Crippen molar-refractivity contribution >= 4 is 52.6 Å². The minimum absolute atomic E-state index is 0.120. The number of ketones is 1. The molecule has 0 radical (unpaired) electrons. The lowest BCUT2D eigenvalue weighted by Crippen LogP contribution is -2.31. The molecule has 1 aromatic heterocycles. The van der Waals surface area contributed by atoms with E-state index in [0.717, 1.165) is 16.7 Å². The Morgan fingerprint density at radius 3 is 2.43 bits per heavy atom. The molecule has 0 spiro atoms. The van der Waals surface area contributed by atoms with Gasteiger partial charge in [-0.05, 0) is 72.8 Å². The number of esters is 1. The van der Waals surface area contributed by atoms with Crippen molar-refractivity contribution in [3.8, 4) is 17.3 Å². The van der Waals surface area contributed by atoms with E-state index in [4.69, 9.17) is 16.3 Å². The number of aromatic nitrogens is 1. The monoisotopic (exact) mass is 599 g/mol. The Bertz CT molecular complexity index is 1760. The van der Waals surface area contributed by atoms with Gasteiger partial charge in [0.1, 0.15) is 16.9 Å². The lowest BCUT2D eigenvalue weighted by molar-refractivity contribution is -0.121. The Morgan fingerprint density at radius 1 is 1.02 bits per heavy atom. The van der Waals surface area contributed by atoms with Crippen molar-refractivity contribution < 1.29 is 28.3 Å². The summed E-state index contributed by atoms with van der Waals surface area (Å²) in [7, 11) is 0. The normalized spacial score (nSPS) is 14.5. The van der Waals surface area contributed by atoms with E-state index < -0.39 is 41.2 Å². The third-order valence-electron chi connectivity index (χ3n) is 6.35. The zero-order valence-corrected chi connectivity index (χ0v) is 23.2. The number of ether oxygens (including phenoxy) is 1. The number of amides is 2. The van der Waals surface area contributed by atoms with Crippen LogP contribution in [-0.2, 0) is 14.3 Å². The maximum atomic E-state index is 13.3. The molecule has 1 fully saturated rings. The summed E-state index contributed by atoms with van der Waals surface area (Å²) in [5.74, 6) is -2.56. The Kier molecular flexibility index (Phi) is 8.43. The van der Waals surface area contributed by atoms with Gasteiger partial charge in [-0.15, -0.1) is 0 Å². The lowest BCUT2D eigenvalue weighted by Gasteiger charge is -2.15. The molecule has 11 heteroatoms. The van der Waals surface area contributed by atoms with Crippen molar-refractivity contribution in [3.63, 3.8) is 0 Å². The summed E-state index contributed by atoms with van der Waals surface area (Å²) in [5.41, 5.74) is 1.97. The van der Waals surface area contributed by atoms with Crippen molar-refractivity contribution in [2.45, 2.75) is 16.7 Å². The van der Waals surface area contributed by atoms with Crippen LogP contribution in [0.2, 0.25) is 5.02 Å². The zero-order valence-electron chi connectivity index (χ0n) is 21.6. The van der Waals surface area contributed by atoms with Crippen LogP contribution in [0.1, 0.15) is 32.7 Å². The van der Waals surface area contributed by atoms with Crippen molar-refractivity contribution in [2.75, 3.05) is 11.5 Å². The SMILES string of the molecule is N#Cc1ccc(-c2ccc(F)cc2)nc1SC1CC(=O)N(c2ccc(C(=O)OCC(=O)c3ccccc3Cl)cc2)C1=O. The number of halogens is 2. The topological polar surface area (TPSA) is 117 Å². The van der Waals surface area contributed by atoms with Crippen LogP contribution < -0.4 is 4.90 Å². The minimum atomic E-state index is -0.832. The standard InChI is InChI=1S/C31H19ClFN3O5S/c32-24-4-2-1-3-23(24)26(37)17-41-31(40)19-7-12-22(13-8-19)36-28(38)15-27(30(36)39)42-29-20(16-34)9-14-25(35-29)18-5-10-21(33)11-6-18/h1-14,27H,15,17H2. The van der Waals surface area contributed by atoms with E-state index in [1.165, 1.54) is 42.5 Å². The molecule has 2 amide bonds. The highest BCUT2D eigenvalue weighted by Crippen LogP contribution is 2.35. The molecule has 1 unspecified atom stereocenters. The number of imide groups is 1. The van der Waals surface area contributed by atoms with E-state index in [1.54, 1.807) is 42.5 Å². The summed E-state index contributed by atoms with van der Waals surface area (Å²) in [4.78, 5) is 56.4. The number of pyridine rings is 1. The number of nitriles is 1. The number of anilines is 1. The Balaban J connectivity index is 1.26. The van der Waals surface area contributed by atoms with Gasteiger partial charge in [0.05, 0.1) is 32.8 Å². The molecule has 1 aliphatic rings. The molecular weight excluding hydrogens is 581 g/mol. The van der Waals surface area contributed by atoms with E-state index in [0.29, 0.717) is 11.3 Å². The van der Waals surface area contributed by atoms with Crippen LogP contribution in [0.15, 0.2) is 90.0 Å². The van der Waals surface area contributed by atoms with Gasteiger partial charge in [-0.3, -0.25) is 14.4 Å². The van der Waals surface area contributed by atoms with Gasteiger partial charge in [0.15, 0.2) is 6.61 Å². The second-order valence-corrected chi connectivity index (χ2v) is 10.7. The van der Waals surface area contributed by atoms with Gasteiger partial charge in [-0.2, -0.15) is 5.26 Å². The molecule has 1 atom stereocenters. The third-order valence-corrected chi connectivity index (χ3v) is 7.87. The maximum absolute atomic E-state index is 13.3. The number of rotatable bonds is 8. The van der Waals surface area contributed by atoms with Crippen LogP contribution in [-0.4, -0.2) is 40.4 Å². The average Bonchev–Trinajstić information content (AvgIpc) is 3.28. The van der Waals surface area contributed by atoms with Crippen molar-refractivity contribution in [1.29, 1.82) is 5.26 Å². The van der Waals surface area contributed by atoms with Crippen LogP contribution >= 0.6 is 23.4 Å². The second kappa shape index (κ2) is 12.3. The number of carbonyl (C=O) groups is 4. The van der Waals surface area contributed by atoms with Gasteiger partial charge in [0.2, 0.25) is 17.6 Å². The first-order valence-electron chi connectivity index (χ1n) is 12.5. The predicted molar refractivity (Wildman–Crippen MR) is 154 cm³/mol. The molecule has 0 aliphatic carbocycles. The highest BCUT2D eigenvalue weighted by molar-refractivity contribution is 8.00. The fourth-order valence-electron chi connectivity index (χ4n) is 4.23. The molecule has 3 aromatic carbocycles. The maximum Gasteiger partial charge on any atom is 0.338 e. The molecule has 8 nitrogen and oxygen atoms in total. The smallest absolute Gasteiger partial charge is 0.338 e. The minimum Gasteiger partial charge on any atom is -0.454 e. The highest BCUT2D eigenvalue weighted by Gasteiger charge is 2.41. The van der Waals surface area contributed by atoms with Crippen LogP contribution in [0.3, 0.4) is 0 Å². The molecule has 1 saturated heterocycles. The summed E-state index contributed by atoms with van der Waals surface area (Å²) >= 11 is 7.02. The highest BCUT2D eigenvalue weighted by atomic mass is 35.5. The molecule has 42 heavy (non-hydrogen) atoms. The summed E-state index contributed by atoms with van der Waals surface area (Å²) in [6.07, 6.45) is -0.120. The van der Waals surface area contributed by atoms with Gasteiger partial charge >= 0.3 is 5.97 Å². The van der Waals surface area contributed by atoms with E-state index in [1.807, 2.05) is 6.07 Å². The van der Waals surface area contributed by atoms with Crippen LogP contribution in [0.25, 0.3) is 11.3 Å². The number of thioether (sulfide) groups is 1. The van der Waals surface area contributed by atoms with Crippen LogP contribution in [0, 0.1) is 17.1 Å². The second-order valence-electron chi connectivity index (χ2n) is 9.07. The largest absolute Gasteiger partial charge is 0.454 e. The van der Waals surface area contributed by atoms with E-state index in [9.17, 15) is 28.8 Å². The van der Waals surface area contributed by atoms with Crippen LogP contribution in [0.5, 0.6) is 0 Å². The van der Waals surface area contributed by atoms with E-state index in [2.05, 4.69) is 4.98 Å². The number of carbonyl (C=O) groups excluding carboxylic acids is 4. The van der Waals surface area contributed by atoms with Gasteiger partial charge < -0.3 is 4.74 Å². The molecule has 1 aliphatic heterocycles. The Morgan fingerprint density at radius 2 is 1.74 bits per heavy atom. The summed E-state index contributed by atoms with van der Waals surface area (Å²) in [6, 6.07) is 23.0. The van der Waals surface area contributed by atoms with E-state index >= 15 is 0 Å². The third kappa shape index (κ3) is 6.07. The van der Waals surface area contributed by atoms with Gasteiger partial charge in [-0.1, -0.05) is 35.5 Å². The molecule has 0 saturated carbocycles. The quantitative estimate of drug-likeness (QED) is 0.140. The molecule has 2 heterocycles. The van der Waals surface area contributed by atoms with Crippen molar-refractivity contribution in [3.05, 3.63) is 112 Å². The Labute approximate surface area is 248 Å². The van der Waals surface area contributed by atoms with Crippen molar-refractivity contribution in [2.24, 2.45) is 0 Å². The number of nitrogens with zero attached hydrogens (tertiary/aromatic N) is 3. The molecular formula is C31H19ClFN3O5S.